The number of amides is 1. The quantitative estimate of drug-likeness (QED) is 0.754. The zero-order valence-electron chi connectivity index (χ0n) is 15.0. The van der Waals surface area contributed by atoms with Gasteiger partial charge in [0.25, 0.3) is 5.91 Å². The van der Waals surface area contributed by atoms with Crippen molar-refractivity contribution in [1.82, 2.24) is 9.97 Å². The van der Waals surface area contributed by atoms with Crippen molar-refractivity contribution in [2.45, 2.75) is 6.92 Å². The van der Waals surface area contributed by atoms with E-state index in [1.165, 1.54) is 17.6 Å². The first-order chi connectivity index (χ1) is 13.0. The molecule has 0 saturated carbocycles. The Balaban J connectivity index is 1.61. The van der Waals surface area contributed by atoms with Crippen LogP contribution in [0.3, 0.4) is 0 Å². The number of nitrogens with zero attached hydrogens (tertiary/aromatic N) is 4. The van der Waals surface area contributed by atoms with E-state index >= 15 is 0 Å². The van der Waals surface area contributed by atoms with Gasteiger partial charge < -0.3 is 15.5 Å². The topological polar surface area (TPSA) is 75.3 Å². The summed E-state index contributed by atoms with van der Waals surface area (Å²) in [5.41, 5.74) is 9.93. The number of aryl methyl sites for hydroxylation is 1. The number of aromatic nitrogens is 2. The fourth-order valence-electron chi connectivity index (χ4n) is 3.65. The fraction of sp³-hybridized carbons (Fsp3) is 0.250. The molecule has 27 heavy (non-hydrogen) atoms. The molecule has 0 bridgehead atoms. The predicted molar refractivity (Wildman–Crippen MR) is 109 cm³/mol. The number of anilines is 2. The Morgan fingerprint density at radius 1 is 1.07 bits per heavy atom. The van der Waals surface area contributed by atoms with E-state index in [1.54, 1.807) is 12.3 Å². The molecule has 4 rings (SSSR count). The Morgan fingerprint density at radius 2 is 1.78 bits per heavy atom. The lowest BCUT2D eigenvalue weighted by molar-refractivity contribution is 0.100. The van der Waals surface area contributed by atoms with Crippen molar-refractivity contribution in [3.05, 3.63) is 59.0 Å². The fourth-order valence-corrected chi connectivity index (χ4v) is 3.82. The summed E-state index contributed by atoms with van der Waals surface area (Å²) < 4.78 is 0. The van der Waals surface area contributed by atoms with Gasteiger partial charge in [-0.1, -0.05) is 17.7 Å². The largest absolute Gasteiger partial charge is 0.368 e. The summed E-state index contributed by atoms with van der Waals surface area (Å²) in [6.45, 7) is 5.57. The van der Waals surface area contributed by atoms with Crippen molar-refractivity contribution in [3.63, 3.8) is 0 Å². The van der Waals surface area contributed by atoms with Gasteiger partial charge in [-0.15, -0.1) is 0 Å². The summed E-state index contributed by atoms with van der Waals surface area (Å²) in [4.78, 5) is 24.8. The van der Waals surface area contributed by atoms with Gasteiger partial charge in [0.1, 0.15) is 6.33 Å². The smallest absolute Gasteiger partial charge is 0.250 e. The summed E-state index contributed by atoms with van der Waals surface area (Å²) >= 11 is 6.18. The summed E-state index contributed by atoms with van der Waals surface area (Å²) in [5.74, 6) is -0.480. The highest BCUT2D eigenvalue weighted by Gasteiger charge is 2.21. The van der Waals surface area contributed by atoms with Crippen LogP contribution in [0, 0.1) is 6.92 Å². The standard InChI is InChI=1S/C20H20ClN5O/c1-13-2-3-14(21)10-18(13)26-8-6-25(7-9-26)17-5-4-15(20(22)27)19-16(17)11-23-12-24-19/h2-5,10-12H,6-9H2,1H3,(H2,22,27). The molecule has 2 aromatic carbocycles. The summed E-state index contributed by atoms with van der Waals surface area (Å²) in [5, 5.41) is 1.60. The number of primary amides is 1. The van der Waals surface area contributed by atoms with Crippen LogP contribution in [0.1, 0.15) is 15.9 Å². The first-order valence-electron chi connectivity index (χ1n) is 8.83. The number of rotatable bonds is 3. The number of carbonyl (C=O) groups excluding carboxylic acids is 1. The van der Waals surface area contributed by atoms with Crippen LogP contribution in [0.4, 0.5) is 11.4 Å². The normalized spacial score (nSPS) is 14.6. The number of nitrogens with two attached hydrogens (primary N) is 1. The Kier molecular flexibility index (Phi) is 4.58. The van der Waals surface area contributed by atoms with Gasteiger partial charge in [0, 0.05) is 54.2 Å². The SMILES string of the molecule is Cc1ccc(Cl)cc1N1CCN(c2ccc(C(N)=O)c3ncncc23)CC1. The van der Waals surface area contributed by atoms with E-state index < -0.39 is 5.91 Å². The molecule has 6 nitrogen and oxygen atoms in total. The number of halogens is 1. The molecule has 0 unspecified atom stereocenters. The van der Waals surface area contributed by atoms with Crippen LogP contribution in [0.2, 0.25) is 5.02 Å². The van der Waals surface area contributed by atoms with Gasteiger partial charge in [0.15, 0.2) is 0 Å². The van der Waals surface area contributed by atoms with Crippen molar-refractivity contribution >= 4 is 39.8 Å². The third kappa shape index (κ3) is 3.28. The number of benzene rings is 2. The van der Waals surface area contributed by atoms with E-state index in [4.69, 9.17) is 17.3 Å². The monoisotopic (exact) mass is 381 g/mol. The molecule has 2 heterocycles. The van der Waals surface area contributed by atoms with Gasteiger partial charge in [0.2, 0.25) is 0 Å². The number of piperazine rings is 1. The van der Waals surface area contributed by atoms with E-state index in [0.717, 1.165) is 42.3 Å². The van der Waals surface area contributed by atoms with E-state index in [9.17, 15) is 4.79 Å². The number of carbonyl (C=O) groups is 1. The maximum atomic E-state index is 11.7. The van der Waals surface area contributed by atoms with E-state index in [2.05, 4.69) is 32.8 Å². The zero-order valence-corrected chi connectivity index (χ0v) is 15.8. The molecule has 2 N–H and O–H groups in total. The van der Waals surface area contributed by atoms with E-state index in [1.807, 2.05) is 18.2 Å². The van der Waals surface area contributed by atoms with Gasteiger partial charge in [-0.05, 0) is 36.8 Å². The van der Waals surface area contributed by atoms with Gasteiger partial charge in [-0.25, -0.2) is 9.97 Å². The van der Waals surface area contributed by atoms with Gasteiger partial charge >= 0.3 is 0 Å². The second-order valence-corrected chi connectivity index (χ2v) is 7.12. The van der Waals surface area contributed by atoms with Gasteiger partial charge in [-0.3, -0.25) is 4.79 Å². The first kappa shape index (κ1) is 17.5. The molecule has 7 heteroatoms. The molecule has 0 radical (unpaired) electrons. The van der Waals surface area contributed by atoms with Crippen LogP contribution in [0.15, 0.2) is 42.9 Å². The van der Waals surface area contributed by atoms with E-state index in [-0.39, 0.29) is 0 Å². The molecule has 0 aliphatic carbocycles. The molecule has 138 valence electrons. The molecule has 1 aliphatic heterocycles. The van der Waals surface area contributed by atoms with Crippen molar-refractivity contribution in [2.75, 3.05) is 36.0 Å². The molecule has 0 spiro atoms. The lowest BCUT2D eigenvalue weighted by Crippen LogP contribution is -2.46. The predicted octanol–water partition coefficient (Wildman–Crippen LogP) is 3.02. The molecular formula is C20H20ClN5O. The van der Waals surface area contributed by atoms with Crippen LogP contribution in [-0.2, 0) is 0 Å². The van der Waals surface area contributed by atoms with Crippen LogP contribution >= 0.6 is 11.6 Å². The molecule has 1 aliphatic rings. The lowest BCUT2D eigenvalue weighted by atomic mass is 10.1. The lowest BCUT2D eigenvalue weighted by Gasteiger charge is -2.38. The molecule has 1 aromatic heterocycles. The van der Waals surface area contributed by atoms with Crippen LogP contribution < -0.4 is 15.5 Å². The third-order valence-electron chi connectivity index (χ3n) is 5.05. The summed E-state index contributed by atoms with van der Waals surface area (Å²) in [6, 6.07) is 9.69. The minimum atomic E-state index is -0.480. The average molecular weight is 382 g/mol. The van der Waals surface area contributed by atoms with Gasteiger partial charge in [-0.2, -0.15) is 0 Å². The highest BCUT2D eigenvalue weighted by Crippen LogP contribution is 2.30. The minimum Gasteiger partial charge on any atom is -0.368 e. The molecule has 1 fully saturated rings. The maximum absolute atomic E-state index is 11.7. The van der Waals surface area contributed by atoms with Crippen LogP contribution in [0.5, 0.6) is 0 Å². The second-order valence-electron chi connectivity index (χ2n) is 6.69. The Bertz CT molecular complexity index is 1010. The molecule has 1 saturated heterocycles. The maximum Gasteiger partial charge on any atom is 0.250 e. The number of fused-ring (bicyclic) bond motifs is 1. The molecule has 3 aromatic rings. The summed E-state index contributed by atoms with van der Waals surface area (Å²) in [7, 11) is 0. The zero-order chi connectivity index (χ0) is 19.0. The second kappa shape index (κ2) is 7.04. The van der Waals surface area contributed by atoms with E-state index in [0.29, 0.717) is 11.1 Å². The highest BCUT2D eigenvalue weighted by atomic mass is 35.5. The third-order valence-corrected chi connectivity index (χ3v) is 5.28. The number of hydrogen-bond acceptors (Lipinski definition) is 5. The van der Waals surface area contributed by atoms with Crippen molar-refractivity contribution in [3.8, 4) is 0 Å². The molecule has 0 atom stereocenters. The molecular weight excluding hydrogens is 362 g/mol. The van der Waals surface area contributed by atoms with Crippen molar-refractivity contribution in [1.29, 1.82) is 0 Å². The highest BCUT2D eigenvalue weighted by molar-refractivity contribution is 6.30. The van der Waals surface area contributed by atoms with Crippen molar-refractivity contribution in [2.24, 2.45) is 5.73 Å². The van der Waals surface area contributed by atoms with Crippen LogP contribution in [0.25, 0.3) is 10.9 Å². The molecule has 1 amide bonds. The Labute approximate surface area is 162 Å². The summed E-state index contributed by atoms with van der Waals surface area (Å²) in [6.07, 6.45) is 3.19. The van der Waals surface area contributed by atoms with Gasteiger partial charge in [0.05, 0.1) is 11.1 Å². The number of hydrogen-bond donors (Lipinski definition) is 1. The Morgan fingerprint density at radius 3 is 2.48 bits per heavy atom. The van der Waals surface area contributed by atoms with Crippen molar-refractivity contribution < 1.29 is 4.79 Å². The van der Waals surface area contributed by atoms with Crippen LogP contribution in [-0.4, -0.2) is 42.1 Å². The first-order valence-corrected chi connectivity index (χ1v) is 9.21. The average Bonchev–Trinajstić information content (AvgIpc) is 2.69. The minimum absolute atomic E-state index is 0.421. The Hall–Kier alpha value is -2.86.